The molecule has 0 saturated heterocycles. The molecule has 33 heavy (non-hydrogen) atoms. The van der Waals surface area contributed by atoms with Crippen LogP contribution in [0.4, 0.5) is 4.79 Å². The standard InChI is InChI=1S/C25H37N3O5/c1-25(2,11-6-7-12-26)17-27-15-21(29)20(14-18-8-4-3-5-9-18)28-24(30)33-22-16-32-23-19(22)10-13-31-23/h10,13,16,18,20-21,27,29H,3-9,11,14-15,17H2,1-2H3,(H,28,30)/t20-,21+/m0/s1. The van der Waals surface area contributed by atoms with Gasteiger partial charge in [-0.3, -0.25) is 0 Å². The van der Waals surface area contributed by atoms with E-state index < -0.39 is 18.2 Å². The van der Waals surface area contributed by atoms with Gasteiger partial charge < -0.3 is 29.3 Å². The van der Waals surface area contributed by atoms with E-state index in [0.29, 0.717) is 35.8 Å². The number of hydrogen-bond donors (Lipinski definition) is 3. The number of amides is 1. The Morgan fingerprint density at radius 2 is 2.12 bits per heavy atom. The molecule has 8 heteroatoms. The van der Waals surface area contributed by atoms with Gasteiger partial charge in [-0.2, -0.15) is 5.26 Å². The fourth-order valence-corrected chi connectivity index (χ4v) is 4.63. The van der Waals surface area contributed by atoms with E-state index in [9.17, 15) is 9.90 Å². The van der Waals surface area contributed by atoms with Crippen LogP contribution >= 0.6 is 0 Å². The highest BCUT2D eigenvalue weighted by atomic mass is 16.6. The molecule has 2 atom stereocenters. The van der Waals surface area contributed by atoms with E-state index in [2.05, 4.69) is 30.6 Å². The molecular formula is C25H37N3O5. The third kappa shape index (κ3) is 7.79. The van der Waals surface area contributed by atoms with Crippen LogP contribution in [0.2, 0.25) is 0 Å². The lowest BCUT2D eigenvalue weighted by Crippen LogP contribution is -2.50. The Morgan fingerprint density at radius 1 is 1.33 bits per heavy atom. The number of hydrogen-bond acceptors (Lipinski definition) is 7. The topological polar surface area (TPSA) is 121 Å². The van der Waals surface area contributed by atoms with Crippen LogP contribution in [0, 0.1) is 22.7 Å². The van der Waals surface area contributed by atoms with Crippen molar-refractivity contribution < 1.29 is 23.5 Å². The Morgan fingerprint density at radius 3 is 2.88 bits per heavy atom. The van der Waals surface area contributed by atoms with Crippen molar-refractivity contribution in [3.8, 4) is 11.8 Å². The van der Waals surface area contributed by atoms with Gasteiger partial charge in [-0.05, 0) is 36.7 Å². The predicted molar refractivity (Wildman–Crippen MR) is 125 cm³/mol. The highest BCUT2D eigenvalue weighted by Crippen LogP contribution is 2.30. The summed E-state index contributed by atoms with van der Waals surface area (Å²) in [6.45, 7) is 5.40. The number of aliphatic hydroxyl groups is 1. The number of nitriles is 1. The summed E-state index contributed by atoms with van der Waals surface area (Å²) in [5.41, 5.74) is 0.0268. The number of fused-ring (bicyclic) bond motifs is 1. The summed E-state index contributed by atoms with van der Waals surface area (Å²) in [5, 5.41) is 26.5. The molecule has 0 aliphatic heterocycles. The van der Waals surface area contributed by atoms with E-state index in [1.165, 1.54) is 31.8 Å². The summed E-state index contributed by atoms with van der Waals surface area (Å²) >= 11 is 0. The van der Waals surface area contributed by atoms with Gasteiger partial charge >= 0.3 is 11.9 Å². The molecule has 1 aliphatic carbocycles. The molecular weight excluding hydrogens is 422 g/mol. The van der Waals surface area contributed by atoms with Crippen LogP contribution < -0.4 is 15.4 Å². The van der Waals surface area contributed by atoms with Crippen LogP contribution in [0.1, 0.15) is 71.6 Å². The summed E-state index contributed by atoms with van der Waals surface area (Å²) in [5.74, 6) is 1.08. The van der Waals surface area contributed by atoms with Crippen molar-refractivity contribution in [1.82, 2.24) is 10.6 Å². The number of nitrogens with zero attached hydrogens (tertiary/aromatic N) is 1. The molecule has 2 aromatic rings. The molecule has 1 fully saturated rings. The Balaban J connectivity index is 1.55. The molecule has 1 amide bonds. The summed E-state index contributed by atoms with van der Waals surface area (Å²) in [4.78, 5) is 12.6. The third-order valence-electron chi connectivity index (χ3n) is 6.55. The van der Waals surface area contributed by atoms with Crippen molar-refractivity contribution in [2.75, 3.05) is 13.1 Å². The maximum Gasteiger partial charge on any atom is 0.413 e. The fraction of sp³-hybridized carbons (Fsp3) is 0.680. The van der Waals surface area contributed by atoms with E-state index in [0.717, 1.165) is 38.6 Å². The number of ether oxygens (including phenoxy) is 1. The molecule has 0 radical (unpaired) electrons. The van der Waals surface area contributed by atoms with E-state index >= 15 is 0 Å². The second-order valence-electron chi connectivity index (χ2n) is 9.98. The molecule has 0 spiro atoms. The van der Waals surface area contributed by atoms with Crippen molar-refractivity contribution in [1.29, 1.82) is 5.26 Å². The highest BCUT2D eigenvalue weighted by Gasteiger charge is 2.28. The maximum atomic E-state index is 12.6. The van der Waals surface area contributed by atoms with Gasteiger partial charge in [0.2, 0.25) is 0 Å². The average molecular weight is 460 g/mol. The van der Waals surface area contributed by atoms with Gasteiger partial charge in [0.05, 0.1) is 24.5 Å². The van der Waals surface area contributed by atoms with E-state index in [1.807, 2.05) is 0 Å². The first-order valence-corrected chi connectivity index (χ1v) is 12.1. The van der Waals surface area contributed by atoms with Crippen LogP contribution in [0.3, 0.4) is 0 Å². The first kappa shape index (κ1) is 25.1. The molecule has 0 unspecified atom stereocenters. The highest BCUT2D eigenvalue weighted by molar-refractivity contribution is 5.83. The van der Waals surface area contributed by atoms with Crippen LogP contribution in [-0.2, 0) is 0 Å². The van der Waals surface area contributed by atoms with Gasteiger partial charge in [0.1, 0.15) is 11.6 Å². The molecule has 0 bridgehead atoms. The molecule has 3 rings (SSSR count). The number of carbonyl (C=O) groups is 1. The zero-order chi connectivity index (χ0) is 23.7. The Bertz CT molecular complexity index is 907. The normalized spacial score (nSPS) is 16.9. The lowest BCUT2D eigenvalue weighted by atomic mass is 9.83. The quantitative estimate of drug-likeness (QED) is 0.377. The number of carbonyl (C=O) groups excluding carboxylic acids is 1. The molecule has 182 valence electrons. The minimum absolute atomic E-state index is 0.0268. The molecule has 1 aliphatic rings. The Labute approximate surface area is 195 Å². The smallest absolute Gasteiger partial charge is 0.413 e. The predicted octanol–water partition coefficient (Wildman–Crippen LogP) is 5.12. The van der Waals surface area contributed by atoms with Crippen LogP contribution in [-0.4, -0.2) is 36.4 Å². The van der Waals surface area contributed by atoms with Gasteiger partial charge in [-0.25, -0.2) is 4.79 Å². The van der Waals surface area contributed by atoms with E-state index in [1.54, 1.807) is 6.07 Å². The second-order valence-corrected chi connectivity index (χ2v) is 9.98. The lowest BCUT2D eigenvalue weighted by Gasteiger charge is -2.31. The molecule has 2 heterocycles. The number of unbranched alkanes of at least 4 members (excludes halogenated alkanes) is 1. The number of nitrogens with one attached hydrogen (secondary N) is 2. The monoisotopic (exact) mass is 459 g/mol. The lowest BCUT2D eigenvalue weighted by molar-refractivity contribution is 0.100. The van der Waals surface area contributed by atoms with Gasteiger partial charge in [-0.15, -0.1) is 0 Å². The third-order valence-corrected chi connectivity index (χ3v) is 6.55. The van der Waals surface area contributed by atoms with Crippen molar-refractivity contribution in [2.24, 2.45) is 11.3 Å². The van der Waals surface area contributed by atoms with Gasteiger partial charge in [0.15, 0.2) is 5.75 Å². The van der Waals surface area contributed by atoms with E-state index in [-0.39, 0.29) is 5.41 Å². The van der Waals surface area contributed by atoms with Gasteiger partial charge in [0, 0.05) is 19.5 Å². The second kappa shape index (κ2) is 12.1. The summed E-state index contributed by atoms with van der Waals surface area (Å²) in [6.07, 6.45) is 10.4. The zero-order valence-electron chi connectivity index (χ0n) is 19.8. The average Bonchev–Trinajstić information content (AvgIpc) is 3.39. The van der Waals surface area contributed by atoms with Crippen molar-refractivity contribution in [2.45, 2.75) is 83.8 Å². The van der Waals surface area contributed by atoms with E-state index in [4.69, 9.17) is 18.8 Å². The van der Waals surface area contributed by atoms with Crippen molar-refractivity contribution >= 4 is 17.3 Å². The Kier molecular flexibility index (Phi) is 9.21. The summed E-state index contributed by atoms with van der Waals surface area (Å²) in [6, 6.07) is 3.45. The SMILES string of the molecule is CC(C)(CCCC#N)CNC[C@@H](O)[C@H](CC1CCCCC1)NC(=O)Oc1coc2occc12. The van der Waals surface area contributed by atoms with Gasteiger partial charge in [-0.1, -0.05) is 46.0 Å². The summed E-state index contributed by atoms with van der Waals surface area (Å²) < 4.78 is 15.8. The number of aliphatic hydroxyl groups excluding tert-OH is 1. The number of rotatable bonds is 12. The molecule has 0 aromatic carbocycles. The maximum absolute atomic E-state index is 12.6. The molecule has 2 aromatic heterocycles. The number of furan rings is 2. The minimum atomic E-state index is -0.743. The van der Waals surface area contributed by atoms with Crippen LogP contribution in [0.15, 0.2) is 27.4 Å². The van der Waals surface area contributed by atoms with Crippen LogP contribution in [0.5, 0.6) is 5.75 Å². The first-order chi connectivity index (χ1) is 15.9. The summed E-state index contributed by atoms with van der Waals surface area (Å²) in [7, 11) is 0. The van der Waals surface area contributed by atoms with Crippen molar-refractivity contribution in [3.63, 3.8) is 0 Å². The van der Waals surface area contributed by atoms with Gasteiger partial charge in [0.25, 0.3) is 0 Å². The molecule has 1 saturated carbocycles. The first-order valence-electron chi connectivity index (χ1n) is 12.1. The Hall–Kier alpha value is -2.50. The molecule has 8 nitrogen and oxygen atoms in total. The van der Waals surface area contributed by atoms with Crippen molar-refractivity contribution in [3.05, 3.63) is 18.6 Å². The zero-order valence-corrected chi connectivity index (χ0v) is 19.8. The van der Waals surface area contributed by atoms with Crippen LogP contribution in [0.25, 0.3) is 11.2 Å². The minimum Gasteiger partial charge on any atom is -0.433 e. The molecule has 3 N–H and O–H groups in total. The largest absolute Gasteiger partial charge is 0.433 e. The fourth-order valence-electron chi connectivity index (χ4n) is 4.63.